The Kier molecular flexibility index (Phi) is 4.83. The van der Waals surface area contributed by atoms with Crippen molar-refractivity contribution in [2.45, 2.75) is 6.92 Å². The van der Waals surface area contributed by atoms with E-state index >= 15 is 0 Å². The monoisotopic (exact) mass is 209 g/mol. The number of guanidine groups is 2. The first-order valence-corrected chi connectivity index (χ1v) is 4.09. The predicted octanol–water partition coefficient (Wildman–Crippen LogP) is -0.610. The van der Waals surface area contributed by atoms with Gasteiger partial charge >= 0.3 is 0 Å². The predicted molar refractivity (Wildman–Crippen MR) is 61.9 cm³/mol. The van der Waals surface area contributed by atoms with E-state index in [0.717, 1.165) is 11.3 Å². The van der Waals surface area contributed by atoms with Crippen LogP contribution in [0.2, 0.25) is 0 Å². The van der Waals surface area contributed by atoms with Gasteiger partial charge in [-0.15, -0.1) is 0 Å². The largest absolute Gasteiger partial charge is 0.412 e. The van der Waals surface area contributed by atoms with E-state index in [9.17, 15) is 0 Å². The molecule has 0 saturated carbocycles. The number of aryl methyl sites for hydroxylation is 1. The zero-order valence-electron chi connectivity index (χ0n) is 8.44. The third-order valence-electron chi connectivity index (χ3n) is 1.59. The molecule has 0 aliphatic carbocycles. The van der Waals surface area contributed by atoms with Crippen molar-refractivity contribution in [3.05, 3.63) is 29.8 Å². The molecule has 0 aromatic heterocycles. The van der Waals surface area contributed by atoms with Gasteiger partial charge in [0, 0.05) is 0 Å². The van der Waals surface area contributed by atoms with Crippen LogP contribution in [0.25, 0.3) is 0 Å². The van der Waals surface area contributed by atoms with E-state index in [4.69, 9.17) is 17.2 Å². The first-order chi connectivity index (χ1) is 6.59. The van der Waals surface area contributed by atoms with E-state index in [2.05, 4.69) is 9.98 Å². The lowest BCUT2D eigenvalue weighted by Crippen LogP contribution is -2.26. The third-order valence-corrected chi connectivity index (χ3v) is 1.59. The SMILES string of the molecule is Cc1ccccc1N=C(N)N=C(N)N.O. The van der Waals surface area contributed by atoms with Gasteiger partial charge in [0.05, 0.1) is 5.69 Å². The summed E-state index contributed by atoms with van der Waals surface area (Å²) in [5, 5.41) is 0. The highest BCUT2D eigenvalue weighted by atomic mass is 16.0. The van der Waals surface area contributed by atoms with E-state index in [1.165, 1.54) is 0 Å². The molecule has 0 amide bonds. The average molecular weight is 209 g/mol. The second kappa shape index (κ2) is 5.61. The van der Waals surface area contributed by atoms with Crippen LogP contribution >= 0.6 is 0 Å². The van der Waals surface area contributed by atoms with Crippen LogP contribution < -0.4 is 17.2 Å². The fraction of sp³-hybridized carbons (Fsp3) is 0.111. The van der Waals surface area contributed by atoms with Gasteiger partial charge in [0.2, 0.25) is 5.96 Å². The van der Waals surface area contributed by atoms with Crippen molar-refractivity contribution >= 4 is 17.6 Å². The van der Waals surface area contributed by atoms with Crippen LogP contribution in [0.5, 0.6) is 0 Å². The molecule has 0 aliphatic heterocycles. The van der Waals surface area contributed by atoms with Crippen LogP contribution in [0.15, 0.2) is 34.3 Å². The topological polar surface area (TPSA) is 134 Å². The molecule has 8 N–H and O–H groups in total. The maximum atomic E-state index is 5.48. The second-order valence-corrected chi connectivity index (χ2v) is 2.79. The highest BCUT2D eigenvalue weighted by Crippen LogP contribution is 2.16. The number of para-hydroxylation sites is 1. The van der Waals surface area contributed by atoms with Crippen LogP contribution in [0.3, 0.4) is 0 Å². The summed E-state index contributed by atoms with van der Waals surface area (Å²) in [4.78, 5) is 7.66. The molecule has 6 nitrogen and oxygen atoms in total. The van der Waals surface area contributed by atoms with Gasteiger partial charge in [-0.1, -0.05) is 18.2 Å². The van der Waals surface area contributed by atoms with Crippen LogP contribution in [-0.4, -0.2) is 17.4 Å². The number of hydrogen-bond donors (Lipinski definition) is 3. The maximum Gasteiger partial charge on any atom is 0.223 e. The van der Waals surface area contributed by atoms with Gasteiger partial charge in [0.25, 0.3) is 0 Å². The van der Waals surface area contributed by atoms with Crippen molar-refractivity contribution in [3.63, 3.8) is 0 Å². The van der Waals surface area contributed by atoms with Crippen molar-refractivity contribution in [2.75, 3.05) is 0 Å². The Bertz CT molecular complexity index is 382. The molecule has 15 heavy (non-hydrogen) atoms. The smallest absolute Gasteiger partial charge is 0.223 e. The van der Waals surface area contributed by atoms with Crippen molar-refractivity contribution < 1.29 is 5.48 Å². The van der Waals surface area contributed by atoms with Crippen molar-refractivity contribution in [3.8, 4) is 0 Å². The fourth-order valence-corrected chi connectivity index (χ4v) is 0.970. The van der Waals surface area contributed by atoms with E-state index in [0.29, 0.717) is 0 Å². The molecule has 0 atom stereocenters. The summed E-state index contributed by atoms with van der Waals surface area (Å²) in [7, 11) is 0. The Morgan fingerprint density at radius 1 is 1.13 bits per heavy atom. The van der Waals surface area contributed by atoms with Crippen molar-refractivity contribution in [2.24, 2.45) is 27.2 Å². The molecule has 0 radical (unpaired) electrons. The number of hydrogen-bond acceptors (Lipinski definition) is 1. The van der Waals surface area contributed by atoms with Gasteiger partial charge in [0.1, 0.15) is 0 Å². The average Bonchev–Trinajstić information content (AvgIpc) is 2.07. The molecular formula is C9H15N5O. The molecule has 0 saturated heterocycles. The van der Waals surface area contributed by atoms with Crippen LogP contribution in [0, 0.1) is 6.92 Å². The van der Waals surface area contributed by atoms with Gasteiger partial charge in [-0.2, -0.15) is 4.99 Å². The Morgan fingerprint density at radius 3 is 2.27 bits per heavy atom. The molecule has 1 aromatic carbocycles. The lowest BCUT2D eigenvalue weighted by molar-refractivity contribution is 0.824. The Labute approximate surface area is 87.8 Å². The normalized spacial score (nSPS) is 10.3. The summed E-state index contributed by atoms with van der Waals surface area (Å²) in [6.45, 7) is 1.93. The minimum Gasteiger partial charge on any atom is -0.412 e. The number of rotatable bonds is 1. The number of nitrogens with two attached hydrogens (primary N) is 3. The van der Waals surface area contributed by atoms with Crippen molar-refractivity contribution in [1.29, 1.82) is 0 Å². The number of benzene rings is 1. The van der Waals surface area contributed by atoms with Gasteiger partial charge in [0.15, 0.2) is 5.96 Å². The molecule has 6 heteroatoms. The minimum absolute atomic E-state index is 0. The highest BCUT2D eigenvalue weighted by Gasteiger charge is 1.95. The minimum atomic E-state index is -0.0974. The Morgan fingerprint density at radius 2 is 1.73 bits per heavy atom. The van der Waals surface area contributed by atoms with E-state index < -0.39 is 0 Å². The lowest BCUT2D eigenvalue weighted by atomic mass is 10.2. The molecule has 1 aromatic rings. The Hall–Kier alpha value is -2.08. The van der Waals surface area contributed by atoms with Crippen LogP contribution in [0.4, 0.5) is 5.69 Å². The molecule has 0 bridgehead atoms. The second-order valence-electron chi connectivity index (χ2n) is 2.79. The summed E-state index contributed by atoms with van der Waals surface area (Å²) in [5.74, 6) is -0.0425. The molecule has 0 spiro atoms. The quantitative estimate of drug-likeness (QED) is 0.420. The summed E-state index contributed by atoms with van der Waals surface area (Å²) >= 11 is 0. The Balaban J connectivity index is 0.00000196. The summed E-state index contributed by atoms with van der Waals surface area (Å²) in [5.41, 5.74) is 17.6. The van der Waals surface area contributed by atoms with Crippen LogP contribution in [0.1, 0.15) is 5.56 Å². The number of aliphatic imine (C=N–C) groups is 2. The standard InChI is InChI=1S/C9H13N5.H2O/c1-6-4-2-3-5-7(6)13-9(12)14-8(10)11;/h2-5H,1H3,(H6,10,11,12,13,14);1H2. The van der Waals surface area contributed by atoms with E-state index in [1.807, 2.05) is 31.2 Å². The summed E-state index contributed by atoms with van der Waals surface area (Å²) in [6, 6.07) is 7.56. The number of nitrogens with zero attached hydrogens (tertiary/aromatic N) is 2. The maximum absolute atomic E-state index is 5.48. The van der Waals surface area contributed by atoms with Gasteiger partial charge in [-0.25, -0.2) is 4.99 Å². The van der Waals surface area contributed by atoms with Gasteiger partial charge < -0.3 is 22.7 Å². The highest BCUT2D eigenvalue weighted by molar-refractivity contribution is 5.93. The lowest BCUT2D eigenvalue weighted by Gasteiger charge is -1.99. The zero-order chi connectivity index (χ0) is 10.6. The van der Waals surface area contributed by atoms with E-state index in [-0.39, 0.29) is 17.4 Å². The third kappa shape index (κ3) is 4.10. The molecule has 1 rings (SSSR count). The molecular weight excluding hydrogens is 194 g/mol. The van der Waals surface area contributed by atoms with E-state index in [1.54, 1.807) is 0 Å². The van der Waals surface area contributed by atoms with Gasteiger partial charge in [-0.3, -0.25) is 0 Å². The van der Waals surface area contributed by atoms with Crippen molar-refractivity contribution in [1.82, 2.24) is 0 Å². The molecule has 0 aliphatic rings. The summed E-state index contributed by atoms with van der Waals surface area (Å²) in [6.07, 6.45) is 0. The fourth-order valence-electron chi connectivity index (χ4n) is 0.970. The van der Waals surface area contributed by atoms with Gasteiger partial charge in [-0.05, 0) is 18.6 Å². The molecule has 0 unspecified atom stereocenters. The first kappa shape index (κ1) is 12.9. The molecule has 0 heterocycles. The van der Waals surface area contributed by atoms with Crippen LogP contribution in [-0.2, 0) is 0 Å². The molecule has 82 valence electrons. The first-order valence-electron chi connectivity index (χ1n) is 4.09. The summed E-state index contributed by atoms with van der Waals surface area (Å²) < 4.78 is 0. The molecule has 0 fully saturated rings. The zero-order valence-corrected chi connectivity index (χ0v) is 8.44.